The number of pyridine rings is 1. The molecule has 0 spiro atoms. The smallest absolute Gasteiger partial charge is 0.318 e. The van der Waals surface area contributed by atoms with E-state index in [1.807, 2.05) is 92.0 Å². The average Bonchev–Trinajstić information content (AvgIpc) is 3.00. The second kappa shape index (κ2) is 11.3. The highest BCUT2D eigenvalue weighted by molar-refractivity contribution is 6.26. The average molecular weight is 559 g/mol. The molecule has 0 unspecified atom stereocenters. The van der Waals surface area contributed by atoms with Gasteiger partial charge in [-0.3, -0.25) is 9.79 Å². The molecular weight excluding hydrogens is 528 g/mol. The van der Waals surface area contributed by atoms with Gasteiger partial charge in [0.1, 0.15) is 11.5 Å². The fourth-order valence-corrected chi connectivity index (χ4v) is 5.42. The van der Waals surface area contributed by atoms with Crippen LogP contribution < -0.4 is 26.2 Å². The molecule has 6 rings (SSSR count). The Morgan fingerprint density at radius 1 is 0.905 bits per heavy atom. The quantitative estimate of drug-likeness (QED) is 0.121. The largest absolute Gasteiger partial charge is 0.457 e. The van der Waals surface area contributed by atoms with Crippen LogP contribution in [0.1, 0.15) is 5.56 Å². The summed E-state index contributed by atoms with van der Waals surface area (Å²) < 4.78 is 11.7. The van der Waals surface area contributed by atoms with E-state index in [0.29, 0.717) is 46.5 Å². The maximum atomic E-state index is 14.2. The third kappa shape index (κ3) is 4.82. The number of hydrogen-bond donors (Lipinski definition) is 3. The monoisotopic (exact) mass is 558 g/mol. The van der Waals surface area contributed by atoms with Crippen LogP contribution in [0, 0.1) is 6.92 Å². The molecule has 0 aliphatic carbocycles. The predicted molar refractivity (Wildman–Crippen MR) is 168 cm³/mol. The van der Waals surface area contributed by atoms with E-state index in [1.165, 1.54) is 0 Å². The van der Waals surface area contributed by atoms with Crippen molar-refractivity contribution in [3.63, 3.8) is 0 Å². The molecule has 0 bridgehead atoms. The normalized spacial score (nSPS) is 11.8. The molecule has 5 aromatic carbocycles. The maximum absolute atomic E-state index is 14.2. The number of anilines is 1. The van der Waals surface area contributed by atoms with Gasteiger partial charge in [-0.1, -0.05) is 54.6 Å². The van der Waals surface area contributed by atoms with Gasteiger partial charge in [-0.05, 0) is 36.1 Å². The van der Waals surface area contributed by atoms with E-state index in [2.05, 4.69) is 15.6 Å². The number of aromatic nitrogens is 1. The van der Waals surface area contributed by atoms with Crippen molar-refractivity contribution in [3.05, 3.63) is 106 Å². The Balaban J connectivity index is 1.76. The SMILES string of the molecule is CNC(=O)Nc1ccccc1-c1[nH]cc2c(Oc3cccc(C)c3)cc(=NCCOC)c3c(=O)c4ccccc4c1c23. The van der Waals surface area contributed by atoms with Crippen molar-refractivity contribution in [1.29, 1.82) is 0 Å². The van der Waals surface area contributed by atoms with Crippen LogP contribution in [0.4, 0.5) is 10.5 Å². The molecule has 6 aromatic rings. The van der Waals surface area contributed by atoms with E-state index in [9.17, 15) is 9.59 Å². The first-order chi connectivity index (χ1) is 20.5. The van der Waals surface area contributed by atoms with E-state index >= 15 is 0 Å². The number of urea groups is 1. The minimum Gasteiger partial charge on any atom is -0.457 e. The summed E-state index contributed by atoms with van der Waals surface area (Å²) >= 11 is 0. The minimum absolute atomic E-state index is 0.102. The Morgan fingerprint density at radius 3 is 2.48 bits per heavy atom. The molecule has 210 valence electrons. The number of aromatic amines is 1. The fourth-order valence-electron chi connectivity index (χ4n) is 5.42. The molecule has 0 radical (unpaired) electrons. The van der Waals surface area contributed by atoms with Crippen LogP contribution in [0.15, 0.2) is 94.8 Å². The number of nitrogens with one attached hydrogen (secondary N) is 3. The topological polar surface area (TPSA) is 105 Å². The maximum Gasteiger partial charge on any atom is 0.318 e. The molecule has 3 N–H and O–H groups in total. The first kappa shape index (κ1) is 27.0. The van der Waals surface area contributed by atoms with Gasteiger partial charge in [0.2, 0.25) is 0 Å². The van der Waals surface area contributed by atoms with Crippen molar-refractivity contribution < 1.29 is 14.3 Å². The lowest BCUT2D eigenvalue weighted by molar-refractivity contribution is 0.207. The molecule has 2 amide bonds. The lowest BCUT2D eigenvalue weighted by atomic mass is 9.91. The number of carbonyl (C=O) groups excluding carboxylic acids is 1. The van der Waals surface area contributed by atoms with E-state index in [0.717, 1.165) is 38.4 Å². The molecule has 1 aromatic heterocycles. The zero-order chi connectivity index (χ0) is 29.2. The lowest BCUT2D eigenvalue weighted by Gasteiger charge is -2.18. The summed E-state index contributed by atoms with van der Waals surface area (Å²) in [6, 6.07) is 24.5. The number of aryl methyl sites for hydroxylation is 1. The van der Waals surface area contributed by atoms with Gasteiger partial charge in [0.25, 0.3) is 0 Å². The number of H-pyrrole nitrogens is 1. The van der Waals surface area contributed by atoms with E-state index in [1.54, 1.807) is 14.2 Å². The second-order valence-corrected chi connectivity index (χ2v) is 10.0. The fraction of sp³-hybridized carbons (Fsp3) is 0.147. The van der Waals surface area contributed by atoms with E-state index in [4.69, 9.17) is 14.5 Å². The standard InChI is InChI=1S/C34H30N4O4/c1-20-9-8-10-21(17-20)42-28-18-27(36-15-16-41-3)31-29-25(28)19-37-32(24-13-6-7-14-26(24)38-34(40)35-2)30(29)22-11-4-5-12-23(22)33(31)39/h4-14,17-19,37H,15-16H2,1-3H3,(H2,35,38,40). The van der Waals surface area contributed by atoms with Crippen LogP contribution in [-0.2, 0) is 4.74 Å². The highest BCUT2D eigenvalue weighted by Gasteiger charge is 2.22. The molecule has 1 heterocycles. The van der Waals surface area contributed by atoms with Gasteiger partial charge < -0.3 is 25.1 Å². The Bertz CT molecular complexity index is 2080. The third-order valence-corrected chi connectivity index (χ3v) is 7.30. The number of ether oxygens (including phenoxy) is 2. The van der Waals surface area contributed by atoms with Crippen molar-refractivity contribution in [2.75, 3.05) is 32.6 Å². The van der Waals surface area contributed by atoms with Gasteiger partial charge in [0.15, 0.2) is 5.43 Å². The molecular formula is C34H30N4O4. The summed E-state index contributed by atoms with van der Waals surface area (Å²) in [4.78, 5) is 34.8. The van der Waals surface area contributed by atoms with Crippen LogP contribution in [0.25, 0.3) is 43.6 Å². The summed E-state index contributed by atoms with van der Waals surface area (Å²) in [7, 11) is 3.19. The van der Waals surface area contributed by atoms with E-state index in [-0.39, 0.29) is 11.5 Å². The molecule has 8 nitrogen and oxygen atoms in total. The van der Waals surface area contributed by atoms with Gasteiger partial charge >= 0.3 is 6.03 Å². The van der Waals surface area contributed by atoms with Crippen LogP contribution in [-0.4, -0.2) is 38.3 Å². The van der Waals surface area contributed by atoms with Gasteiger partial charge in [-0.25, -0.2) is 4.79 Å². The number of carbonyl (C=O) groups is 1. The van der Waals surface area contributed by atoms with Crippen molar-refractivity contribution >= 4 is 44.0 Å². The Morgan fingerprint density at radius 2 is 1.69 bits per heavy atom. The van der Waals surface area contributed by atoms with Gasteiger partial charge in [0.05, 0.1) is 35.3 Å². The Labute approximate surface area is 242 Å². The third-order valence-electron chi connectivity index (χ3n) is 7.30. The molecule has 0 atom stereocenters. The number of benzene rings is 5. The molecule has 8 heteroatoms. The minimum atomic E-state index is -0.332. The van der Waals surface area contributed by atoms with Crippen LogP contribution in [0.2, 0.25) is 0 Å². The number of fused-ring (bicyclic) bond motifs is 2. The second-order valence-electron chi connectivity index (χ2n) is 10.0. The number of hydrogen-bond acceptors (Lipinski definition) is 5. The number of rotatable bonds is 7. The summed E-state index contributed by atoms with van der Waals surface area (Å²) in [5.74, 6) is 1.25. The van der Waals surface area contributed by atoms with Crippen LogP contribution >= 0.6 is 0 Å². The molecule has 42 heavy (non-hydrogen) atoms. The zero-order valence-electron chi connectivity index (χ0n) is 23.6. The van der Waals surface area contributed by atoms with Crippen LogP contribution in [0.5, 0.6) is 11.5 Å². The van der Waals surface area contributed by atoms with Crippen molar-refractivity contribution in [2.45, 2.75) is 6.92 Å². The molecule has 0 aliphatic rings. The van der Waals surface area contributed by atoms with Gasteiger partial charge in [-0.2, -0.15) is 0 Å². The number of amides is 2. The first-order valence-electron chi connectivity index (χ1n) is 13.7. The number of methoxy groups -OCH3 is 1. The summed E-state index contributed by atoms with van der Waals surface area (Å²) in [6.07, 6.45) is 1.86. The summed E-state index contributed by atoms with van der Waals surface area (Å²) in [5.41, 5.74) is 3.12. The predicted octanol–water partition coefficient (Wildman–Crippen LogP) is 6.34. The zero-order valence-corrected chi connectivity index (χ0v) is 23.6. The van der Waals surface area contributed by atoms with Gasteiger partial charge in [0, 0.05) is 53.5 Å². The van der Waals surface area contributed by atoms with Crippen LogP contribution in [0.3, 0.4) is 0 Å². The van der Waals surface area contributed by atoms with Crippen molar-refractivity contribution in [1.82, 2.24) is 10.3 Å². The van der Waals surface area contributed by atoms with E-state index < -0.39 is 0 Å². The number of para-hydroxylation sites is 1. The molecule has 0 saturated carbocycles. The lowest BCUT2D eigenvalue weighted by Crippen LogP contribution is -2.24. The molecule has 0 aliphatic heterocycles. The first-order valence-corrected chi connectivity index (χ1v) is 13.7. The molecule has 0 saturated heterocycles. The van der Waals surface area contributed by atoms with Crippen molar-refractivity contribution in [2.24, 2.45) is 4.99 Å². The van der Waals surface area contributed by atoms with Crippen molar-refractivity contribution in [3.8, 4) is 22.8 Å². The Kier molecular flexibility index (Phi) is 7.29. The summed E-state index contributed by atoms with van der Waals surface area (Å²) in [5, 5.41) is 10.3. The highest BCUT2D eigenvalue weighted by atomic mass is 16.5. The highest BCUT2D eigenvalue weighted by Crippen LogP contribution is 2.41. The summed E-state index contributed by atoms with van der Waals surface area (Å²) in [6.45, 7) is 2.80. The number of nitrogens with zero attached hydrogens (tertiary/aromatic N) is 1. The Hall–Kier alpha value is -5.21. The molecule has 0 fully saturated rings. The van der Waals surface area contributed by atoms with Gasteiger partial charge in [-0.15, -0.1) is 0 Å².